The van der Waals surface area contributed by atoms with Crippen LogP contribution in [0.3, 0.4) is 0 Å². The zero-order chi connectivity index (χ0) is 17.8. The molecule has 0 fully saturated rings. The lowest BCUT2D eigenvalue weighted by Crippen LogP contribution is -2.47. The smallest absolute Gasteiger partial charge is 0.247 e. The maximum atomic E-state index is 12.9. The fraction of sp³-hybridized carbons (Fsp3) is 0.300. The van der Waals surface area contributed by atoms with E-state index in [1.54, 1.807) is 11.0 Å². The van der Waals surface area contributed by atoms with Crippen molar-refractivity contribution < 1.29 is 9.59 Å². The Labute approximate surface area is 152 Å². The highest BCUT2D eigenvalue weighted by molar-refractivity contribution is 6.30. The molecule has 1 atom stereocenters. The molecule has 2 aromatic carbocycles. The van der Waals surface area contributed by atoms with Gasteiger partial charge in [0.2, 0.25) is 11.8 Å². The number of hydrogen-bond donors (Lipinski definition) is 1. The summed E-state index contributed by atoms with van der Waals surface area (Å²) in [5, 5.41) is 3.59. The first-order valence-electron chi connectivity index (χ1n) is 8.49. The Morgan fingerprint density at radius 1 is 1.24 bits per heavy atom. The van der Waals surface area contributed by atoms with Crippen molar-refractivity contribution in [2.45, 2.75) is 32.4 Å². The Kier molecular flexibility index (Phi) is 5.39. The van der Waals surface area contributed by atoms with Crippen molar-refractivity contribution in [3.05, 3.63) is 70.2 Å². The lowest BCUT2D eigenvalue weighted by molar-refractivity contribution is -0.141. The van der Waals surface area contributed by atoms with Crippen LogP contribution in [0.5, 0.6) is 0 Å². The van der Waals surface area contributed by atoms with Crippen LogP contribution in [0.15, 0.2) is 48.5 Å². The van der Waals surface area contributed by atoms with Crippen molar-refractivity contribution in [2.24, 2.45) is 0 Å². The third kappa shape index (κ3) is 3.85. The maximum absolute atomic E-state index is 12.9. The van der Waals surface area contributed by atoms with Gasteiger partial charge in [-0.15, -0.1) is 0 Å². The third-order valence-electron chi connectivity index (χ3n) is 4.39. The lowest BCUT2D eigenvalue weighted by atomic mass is 9.91. The van der Waals surface area contributed by atoms with Gasteiger partial charge in [-0.05, 0) is 35.2 Å². The van der Waals surface area contributed by atoms with Crippen molar-refractivity contribution in [1.82, 2.24) is 10.2 Å². The Morgan fingerprint density at radius 2 is 2.04 bits per heavy atom. The van der Waals surface area contributed by atoms with Gasteiger partial charge in [0.15, 0.2) is 0 Å². The molecule has 5 heteroatoms. The van der Waals surface area contributed by atoms with Gasteiger partial charge in [-0.3, -0.25) is 9.59 Å². The summed E-state index contributed by atoms with van der Waals surface area (Å²) < 4.78 is 0. The molecular formula is C20H21ClN2O2. The summed E-state index contributed by atoms with van der Waals surface area (Å²) in [6.45, 7) is 2.96. The topological polar surface area (TPSA) is 49.4 Å². The average Bonchev–Trinajstić information content (AvgIpc) is 2.60. The number of halogens is 1. The Balaban J connectivity index is 1.83. The Hall–Kier alpha value is -2.33. The molecule has 4 nitrogen and oxygen atoms in total. The van der Waals surface area contributed by atoms with Crippen molar-refractivity contribution in [3.8, 4) is 0 Å². The van der Waals surface area contributed by atoms with Crippen LogP contribution in [-0.2, 0) is 22.6 Å². The number of benzene rings is 2. The SMILES string of the molecule is CCCN1C(=O)Cc2ccccc2[C@H]1C(=O)NCc1cccc(Cl)c1. The number of carbonyl (C=O) groups is 2. The fourth-order valence-corrected chi connectivity index (χ4v) is 3.46. The van der Waals surface area contributed by atoms with Crippen LogP contribution in [0.2, 0.25) is 5.02 Å². The van der Waals surface area contributed by atoms with Crippen molar-refractivity contribution >= 4 is 23.4 Å². The number of nitrogens with one attached hydrogen (secondary N) is 1. The molecule has 1 heterocycles. The Bertz CT molecular complexity index is 791. The summed E-state index contributed by atoms with van der Waals surface area (Å²) >= 11 is 5.99. The minimum atomic E-state index is -0.573. The number of rotatable bonds is 5. The highest BCUT2D eigenvalue weighted by Crippen LogP contribution is 2.30. The van der Waals surface area contributed by atoms with E-state index in [0.29, 0.717) is 24.5 Å². The largest absolute Gasteiger partial charge is 0.350 e. The summed E-state index contributed by atoms with van der Waals surface area (Å²) in [7, 11) is 0. The molecule has 0 saturated carbocycles. The molecule has 2 amide bonds. The zero-order valence-electron chi connectivity index (χ0n) is 14.2. The van der Waals surface area contributed by atoms with Crippen molar-refractivity contribution in [3.63, 3.8) is 0 Å². The molecule has 3 rings (SSSR count). The molecule has 25 heavy (non-hydrogen) atoms. The van der Waals surface area contributed by atoms with Gasteiger partial charge in [-0.2, -0.15) is 0 Å². The second-order valence-corrected chi connectivity index (χ2v) is 6.65. The molecule has 0 spiro atoms. The van der Waals surface area contributed by atoms with Gasteiger partial charge < -0.3 is 10.2 Å². The quantitative estimate of drug-likeness (QED) is 0.891. The third-order valence-corrected chi connectivity index (χ3v) is 4.63. The van der Waals surface area contributed by atoms with Crippen molar-refractivity contribution in [2.75, 3.05) is 6.54 Å². The molecule has 0 saturated heterocycles. The van der Waals surface area contributed by atoms with Gasteiger partial charge in [0, 0.05) is 18.1 Å². The molecule has 0 aromatic heterocycles. The molecule has 2 aromatic rings. The first kappa shape index (κ1) is 17.5. The van der Waals surface area contributed by atoms with Crippen LogP contribution in [0.25, 0.3) is 0 Å². The molecule has 1 aliphatic heterocycles. The van der Waals surface area contributed by atoms with E-state index in [9.17, 15) is 9.59 Å². The number of hydrogen-bond acceptors (Lipinski definition) is 2. The number of nitrogens with zero attached hydrogens (tertiary/aromatic N) is 1. The van der Waals surface area contributed by atoms with Crippen LogP contribution < -0.4 is 5.32 Å². The molecule has 0 aliphatic carbocycles. The van der Waals surface area contributed by atoms with Crippen LogP contribution >= 0.6 is 11.6 Å². The summed E-state index contributed by atoms with van der Waals surface area (Å²) in [4.78, 5) is 27.1. The van der Waals surface area contributed by atoms with E-state index < -0.39 is 6.04 Å². The highest BCUT2D eigenvalue weighted by Gasteiger charge is 2.36. The van der Waals surface area contributed by atoms with E-state index in [-0.39, 0.29) is 11.8 Å². The highest BCUT2D eigenvalue weighted by atomic mass is 35.5. The summed E-state index contributed by atoms with van der Waals surface area (Å²) in [6.07, 6.45) is 1.17. The summed E-state index contributed by atoms with van der Waals surface area (Å²) in [5.74, 6) is -0.155. The average molecular weight is 357 g/mol. The standard InChI is InChI=1S/C20H21ClN2O2/c1-2-10-23-18(24)12-15-7-3-4-9-17(15)19(23)20(25)22-13-14-6-5-8-16(21)11-14/h3-9,11,19H,2,10,12-13H2,1H3,(H,22,25)/t19-/m0/s1. The molecule has 1 N–H and O–H groups in total. The number of amides is 2. The van der Waals surface area contributed by atoms with Crippen LogP contribution in [0.1, 0.15) is 36.1 Å². The summed E-state index contributed by atoms with van der Waals surface area (Å²) in [5.41, 5.74) is 2.78. The first-order valence-corrected chi connectivity index (χ1v) is 8.87. The van der Waals surface area contributed by atoms with Gasteiger partial charge in [0.25, 0.3) is 0 Å². The van der Waals surface area contributed by atoms with E-state index in [0.717, 1.165) is 23.1 Å². The van der Waals surface area contributed by atoms with E-state index in [1.165, 1.54) is 0 Å². The van der Waals surface area contributed by atoms with Gasteiger partial charge in [0.05, 0.1) is 6.42 Å². The fourth-order valence-electron chi connectivity index (χ4n) is 3.25. The van der Waals surface area contributed by atoms with Gasteiger partial charge in [0.1, 0.15) is 6.04 Å². The predicted octanol–water partition coefficient (Wildman–Crippen LogP) is 3.49. The minimum Gasteiger partial charge on any atom is -0.350 e. The van der Waals surface area contributed by atoms with Crippen LogP contribution in [0.4, 0.5) is 0 Å². The normalized spacial score (nSPS) is 16.5. The van der Waals surface area contributed by atoms with Crippen LogP contribution in [-0.4, -0.2) is 23.3 Å². The molecule has 130 valence electrons. The molecule has 0 bridgehead atoms. The molecule has 0 unspecified atom stereocenters. The lowest BCUT2D eigenvalue weighted by Gasteiger charge is -2.36. The monoisotopic (exact) mass is 356 g/mol. The minimum absolute atomic E-state index is 0.00320. The maximum Gasteiger partial charge on any atom is 0.247 e. The molecular weight excluding hydrogens is 336 g/mol. The second kappa shape index (κ2) is 7.70. The zero-order valence-corrected chi connectivity index (χ0v) is 14.9. The van der Waals surface area contributed by atoms with Gasteiger partial charge in [-0.1, -0.05) is 54.9 Å². The van der Waals surface area contributed by atoms with E-state index in [1.807, 2.05) is 49.4 Å². The van der Waals surface area contributed by atoms with E-state index >= 15 is 0 Å². The Morgan fingerprint density at radius 3 is 2.80 bits per heavy atom. The van der Waals surface area contributed by atoms with E-state index in [4.69, 9.17) is 11.6 Å². The van der Waals surface area contributed by atoms with E-state index in [2.05, 4.69) is 5.32 Å². The number of fused-ring (bicyclic) bond motifs is 1. The first-order chi connectivity index (χ1) is 12.1. The van der Waals surface area contributed by atoms with Crippen LogP contribution in [0, 0.1) is 0 Å². The predicted molar refractivity (Wildman–Crippen MR) is 98.2 cm³/mol. The molecule has 1 aliphatic rings. The summed E-state index contributed by atoms with van der Waals surface area (Å²) in [6, 6.07) is 14.5. The van der Waals surface area contributed by atoms with Gasteiger partial charge in [-0.25, -0.2) is 0 Å². The second-order valence-electron chi connectivity index (χ2n) is 6.21. The van der Waals surface area contributed by atoms with Gasteiger partial charge >= 0.3 is 0 Å². The van der Waals surface area contributed by atoms with Crippen molar-refractivity contribution in [1.29, 1.82) is 0 Å². The number of carbonyl (C=O) groups excluding carboxylic acids is 2. The molecule has 0 radical (unpaired) electrons.